The second kappa shape index (κ2) is 13.6. The lowest BCUT2D eigenvalue weighted by molar-refractivity contribution is -0.139. The first-order valence-electron chi connectivity index (χ1n) is 14.4. The van der Waals surface area contributed by atoms with Crippen LogP contribution in [0.3, 0.4) is 0 Å². The molecular formula is C33H38N2O8S. The van der Waals surface area contributed by atoms with Crippen LogP contribution in [0, 0.1) is 0 Å². The Labute approximate surface area is 262 Å². The molecule has 5 rings (SSSR count). The highest BCUT2D eigenvalue weighted by atomic mass is 32.2. The van der Waals surface area contributed by atoms with E-state index >= 15 is 0 Å². The van der Waals surface area contributed by atoms with Crippen molar-refractivity contribution in [1.82, 2.24) is 4.90 Å². The van der Waals surface area contributed by atoms with Gasteiger partial charge in [0.1, 0.15) is 5.70 Å². The molecule has 0 saturated heterocycles. The zero-order valence-corrected chi connectivity index (χ0v) is 27.0. The number of hydrogen-bond acceptors (Lipinski definition) is 11. The fourth-order valence-corrected chi connectivity index (χ4v) is 6.77. The lowest BCUT2D eigenvalue weighted by Crippen LogP contribution is -2.37. The maximum absolute atomic E-state index is 13.2. The summed E-state index contributed by atoms with van der Waals surface area (Å²) in [6, 6.07) is 7.39. The van der Waals surface area contributed by atoms with E-state index in [0.29, 0.717) is 45.4 Å². The lowest BCUT2D eigenvalue weighted by atomic mass is 9.89. The second-order valence-electron chi connectivity index (χ2n) is 10.2. The van der Waals surface area contributed by atoms with Crippen LogP contribution in [-0.2, 0) is 9.53 Å². The Bertz CT molecular complexity index is 1510. The molecule has 3 aliphatic rings. The van der Waals surface area contributed by atoms with E-state index in [1.54, 1.807) is 49.6 Å². The Morgan fingerprint density at radius 2 is 1.43 bits per heavy atom. The molecule has 0 amide bonds. The summed E-state index contributed by atoms with van der Waals surface area (Å²) in [5.74, 6) is 2.85. The molecule has 1 aliphatic carbocycles. The highest BCUT2D eigenvalue weighted by molar-refractivity contribution is 8.16. The van der Waals surface area contributed by atoms with Crippen LogP contribution in [0.4, 0.5) is 0 Å². The van der Waals surface area contributed by atoms with Crippen LogP contribution >= 0.6 is 11.8 Å². The van der Waals surface area contributed by atoms with Crippen molar-refractivity contribution in [3.8, 4) is 34.5 Å². The van der Waals surface area contributed by atoms with Crippen LogP contribution in [0.5, 0.6) is 34.5 Å². The van der Waals surface area contributed by atoms with Gasteiger partial charge in [0, 0.05) is 5.41 Å². The van der Waals surface area contributed by atoms with Crippen molar-refractivity contribution < 1.29 is 38.0 Å². The molecule has 234 valence electrons. The summed E-state index contributed by atoms with van der Waals surface area (Å²) >= 11 is 1.41. The molecule has 2 heterocycles. The number of carbonyl (C=O) groups is 1. The lowest BCUT2D eigenvalue weighted by Gasteiger charge is -2.37. The molecule has 2 aliphatic heterocycles. The van der Waals surface area contributed by atoms with Crippen molar-refractivity contribution in [1.29, 1.82) is 0 Å². The molecule has 0 radical (unpaired) electrons. The molecule has 0 N–H and O–H groups in total. The van der Waals surface area contributed by atoms with Crippen molar-refractivity contribution in [2.75, 3.05) is 49.3 Å². The molecule has 2 aromatic carbocycles. The van der Waals surface area contributed by atoms with Crippen LogP contribution in [0.15, 0.2) is 57.2 Å². The van der Waals surface area contributed by atoms with Gasteiger partial charge < -0.3 is 38.1 Å². The van der Waals surface area contributed by atoms with Gasteiger partial charge in [0.25, 0.3) is 0 Å². The van der Waals surface area contributed by atoms with Gasteiger partial charge in [-0.25, -0.2) is 9.79 Å². The summed E-state index contributed by atoms with van der Waals surface area (Å²) < 4.78 is 39.3. The predicted octanol–water partition coefficient (Wildman–Crippen LogP) is 6.51. The van der Waals surface area contributed by atoms with Gasteiger partial charge in [0.2, 0.25) is 11.5 Å². The number of nitrogens with zero attached hydrogens (tertiary/aromatic N) is 2. The molecule has 0 saturated carbocycles. The normalized spacial score (nSPS) is 18.5. The first-order valence-corrected chi connectivity index (χ1v) is 15.3. The summed E-state index contributed by atoms with van der Waals surface area (Å²) in [7, 11) is 9.58. The first kappa shape index (κ1) is 31.2. The van der Waals surface area contributed by atoms with Gasteiger partial charge in [-0.1, -0.05) is 11.8 Å². The van der Waals surface area contributed by atoms with E-state index in [9.17, 15) is 4.79 Å². The van der Waals surface area contributed by atoms with Crippen molar-refractivity contribution in [2.45, 2.75) is 38.6 Å². The number of rotatable bonds is 10. The fourth-order valence-electron chi connectivity index (χ4n) is 5.88. The zero-order valence-electron chi connectivity index (χ0n) is 26.1. The van der Waals surface area contributed by atoms with Crippen LogP contribution in [0.25, 0.3) is 6.08 Å². The van der Waals surface area contributed by atoms with E-state index in [4.69, 9.17) is 38.2 Å². The maximum atomic E-state index is 13.2. The minimum Gasteiger partial charge on any atom is -0.493 e. The Balaban J connectivity index is 1.72. The smallest absolute Gasteiger partial charge is 0.355 e. The number of methoxy groups -OCH3 is 6. The summed E-state index contributed by atoms with van der Waals surface area (Å²) in [4.78, 5) is 20.4. The number of amidine groups is 1. The molecular weight excluding hydrogens is 584 g/mol. The number of ether oxygens (including phenoxy) is 7. The van der Waals surface area contributed by atoms with Gasteiger partial charge in [-0.2, -0.15) is 0 Å². The van der Waals surface area contributed by atoms with Crippen LogP contribution in [0.1, 0.15) is 49.8 Å². The predicted molar refractivity (Wildman–Crippen MR) is 170 cm³/mol. The van der Waals surface area contributed by atoms with Gasteiger partial charge in [-0.05, 0) is 85.2 Å². The number of benzene rings is 2. The van der Waals surface area contributed by atoms with E-state index in [2.05, 4.69) is 6.08 Å². The van der Waals surface area contributed by atoms with Gasteiger partial charge in [0.15, 0.2) is 28.2 Å². The number of allylic oxidation sites excluding steroid dienone is 1. The number of fused-ring (bicyclic) bond motifs is 1. The van der Waals surface area contributed by atoms with Gasteiger partial charge >= 0.3 is 5.97 Å². The monoisotopic (exact) mass is 622 g/mol. The van der Waals surface area contributed by atoms with E-state index in [1.807, 2.05) is 34.6 Å². The van der Waals surface area contributed by atoms with E-state index in [-0.39, 0.29) is 12.6 Å². The molecule has 10 nitrogen and oxygen atoms in total. The Morgan fingerprint density at radius 1 is 0.864 bits per heavy atom. The third-order valence-corrected chi connectivity index (χ3v) is 8.64. The maximum Gasteiger partial charge on any atom is 0.355 e. The zero-order chi connectivity index (χ0) is 31.4. The molecule has 1 atom stereocenters. The number of esters is 1. The Morgan fingerprint density at radius 3 is 1.98 bits per heavy atom. The fraction of sp³-hybridized carbons (Fsp3) is 0.394. The summed E-state index contributed by atoms with van der Waals surface area (Å²) in [6.07, 6.45) is 5.69. The van der Waals surface area contributed by atoms with Crippen LogP contribution in [0.2, 0.25) is 0 Å². The summed E-state index contributed by atoms with van der Waals surface area (Å²) in [6.45, 7) is 2.07. The molecule has 1 unspecified atom stereocenters. The number of hydrogen-bond donors (Lipinski definition) is 0. The first-order chi connectivity index (χ1) is 21.4. The van der Waals surface area contributed by atoms with Crippen molar-refractivity contribution >= 4 is 29.0 Å². The summed E-state index contributed by atoms with van der Waals surface area (Å²) in [5, 5.41) is 2.51. The minimum atomic E-state index is -0.395. The number of aliphatic imine (C=N–C) groups is 1. The average Bonchev–Trinajstić information content (AvgIpc) is 3.38. The van der Waals surface area contributed by atoms with Crippen LogP contribution < -0.4 is 28.4 Å². The van der Waals surface area contributed by atoms with Crippen molar-refractivity contribution in [3.05, 3.63) is 63.3 Å². The molecule has 0 fully saturated rings. The third-order valence-electron chi connectivity index (χ3n) is 7.80. The number of carbonyl (C=O) groups excluding carboxylic acids is 1. The van der Waals surface area contributed by atoms with E-state index < -0.39 is 5.97 Å². The minimum absolute atomic E-state index is 0.269. The molecule has 44 heavy (non-hydrogen) atoms. The Kier molecular flexibility index (Phi) is 9.63. The van der Waals surface area contributed by atoms with Gasteiger partial charge in [-0.3, -0.25) is 0 Å². The Hall–Kier alpha value is -4.25. The average molecular weight is 623 g/mol. The summed E-state index contributed by atoms with van der Waals surface area (Å²) in [5.41, 5.74) is 5.32. The second-order valence-corrected chi connectivity index (χ2v) is 11.0. The molecule has 11 heteroatoms. The SMILES string of the molecule is CCOC(=O)C1=CSC2=NC3=C(CCCC/C3=C\c3cc(OC)c(OC)c(OC)c3)C(c3cc(OC)c(OC)c(OC)c3)N12. The highest BCUT2D eigenvalue weighted by Crippen LogP contribution is 2.51. The molecule has 2 aromatic rings. The quantitative estimate of drug-likeness (QED) is 0.273. The standard InChI is InChI=1S/C33H38N2O8S/c1-8-43-32(36)23-18-44-33-34-28-20(13-19-14-24(37-2)30(41-6)25(15-19)38-3)11-9-10-12-22(28)29(35(23)33)21-16-26(39-4)31(42-7)27(17-21)40-5/h13-18,29H,8-12H2,1-7H3/b20-13+. The molecule has 0 bridgehead atoms. The van der Waals surface area contributed by atoms with Gasteiger partial charge in [0.05, 0.1) is 61.0 Å². The highest BCUT2D eigenvalue weighted by Gasteiger charge is 2.42. The van der Waals surface area contributed by atoms with Crippen LogP contribution in [-0.4, -0.2) is 65.3 Å². The molecule has 0 spiro atoms. The largest absolute Gasteiger partial charge is 0.493 e. The van der Waals surface area contributed by atoms with E-state index in [1.165, 1.54) is 11.8 Å². The molecule has 0 aromatic heterocycles. The van der Waals surface area contributed by atoms with Crippen molar-refractivity contribution in [3.63, 3.8) is 0 Å². The third kappa shape index (κ3) is 5.68. The van der Waals surface area contributed by atoms with Crippen molar-refractivity contribution in [2.24, 2.45) is 4.99 Å². The van der Waals surface area contributed by atoms with Gasteiger partial charge in [-0.15, -0.1) is 0 Å². The number of thioether (sulfide) groups is 1. The van der Waals surface area contributed by atoms with E-state index in [0.717, 1.165) is 53.7 Å². The topological polar surface area (TPSA) is 97.3 Å².